The third-order valence-electron chi connectivity index (χ3n) is 2.92. The second kappa shape index (κ2) is 4.06. The van der Waals surface area contributed by atoms with E-state index in [1.165, 1.54) is 0 Å². The fourth-order valence-corrected chi connectivity index (χ4v) is 2.71. The van der Waals surface area contributed by atoms with Gasteiger partial charge in [-0.1, -0.05) is 11.6 Å². The Hall–Kier alpha value is -1.09. The largest absolute Gasteiger partial charge is 0.375 e. The molecule has 2 rings (SSSR count). The molecule has 0 fully saturated rings. The first-order chi connectivity index (χ1) is 7.52. The minimum Gasteiger partial charge on any atom is -0.375 e. The van der Waals surface area contributed by atoms with Gasteiger partial charge in [-0.25, -0.2) is 4.98 Å². The number of pyridine rings is 1. The van der Waals surface area contributed by atoms with Gasteiger partial charge in [-0.05, 0) is 19.8 Å². The summed E-state index contributed by atoms with van der Waals surface area (Å²) < 4.78 is 0. The fourth-order valence-electron chi connectivity index (χ4n) is 2.22. The Morgan fingerprint density at radius 2 is 2.00 bits per heavy atom. The highest BCUT2D eigenvalue weighted by Gasteiger charge is 2.24. The Morgan fingerprint density at radius 3 is 2.62 bits per heavy atom. The van der Waals surface area contributed by atoms with Crippen LogP contribution in [0.3, 0.4) is 0 Å². The summed E-state index contributed by atoms with van der Waals surface area (Å²) >= 11 is 6.36. The molecule has 1 aliphatic rings. The standard InChI is InChI=1S/C12H15ClN2O/c1-7-12(15(2)3)10(13)8-5-4-6-9(16)11(8)14-7/h4-6H2,1-3H3. The van der Waals surface area contributed by atoms with E-state index in [4.69, 9.17) is 11.6 Å². The zero-order chi connectivity index (χ0) is 11.9. The van der Waals surface area contributed by atoms with E-state index in [1.807, 2.05) is 25.9 Å². The molecule has 1 aliphatic carbocycles. The minimum absolute atomic E-state index is 0.122. The van der Waals surface area contributed by atoms with Crippen molar-refractivity contribution >= 4 is 23.1 Å². The molecule has 0 N–H and O–H groups in total. The van der Waals surface area contributed by atoms with Crippen LogP contribution in [0.25, 0.3) is 0 Å². The zero-order valence-corrected chi connectivity index (χ0v) is 10.6. The molecule has 0 saturated carbocycles. The number of carbonyl (C=O) groups excluding carboxylic acids is 1. The fraction of sp³-hybridized carbons (Fsp3) is 0.500. The van der Waals surface area contributed by atoms with E-state index < -0.39 is 0 Å². The molecule has 3 nitrogen and oxygen atoms in total. The number of aromatic nitrogens is 1. The van der Waals surface area contributed by atoms with Crippen molar-refractivity contribution < 1.29 is 4.79 Å². The Balaban J connectivity index is 2.67. The average molecular weight is 239 g/mol. The number of Topliss-reactive ketones (excluding diaryl/α,β-unsaturated/α-hetero) is 1. The molecule has 0 aromatic carbocycles. The number of halogens is 1. The quantitative estimate of drug-likeness (QED) is 0.754. The number of ketones is 1. The lowest BCUT2D eigenvalue weighted by molar-refractivity contribution is 0.0967. The van der Waals surface area contributed by atoms with E-state index in [2.05, 4.69) is 4.98 Å². The van der Waals surface area contributed by atoms with Crippen LogP contribution in [-0.4, -0.2) is 24.9 Å². The average Bonchev–Trinajstić information content (AvgIpc) is 2.19. The minimum atomic E-state index is 0.122. The first kappa shape index (κ1) is 11.4. The third kappa shape index (κ3) is 1.69. The summed E-state index contributed by atoms with van der Waals surface area (Å²) in [6.45, 7) is 1.89. The number of anilines is 1. The SMILES string of the molecule is Cc1nc2c(c(Cl)c1N(C)C)CCCC2=O. The Labute approximate surface area is 100 Å². The highest BCUT2D eigenvalue weighted by Crippen LogP contribution is 2.35. The van der Waals surface area contributed by atoms with E-state index in [0.717, 1.165) is 29.8 Å². The Bertz CT molecular complexity index is 455. The second-order valence-electron chi connectivity index (χ2n) is 4.36. The van der Waals surface area contributed by atoms with Crippen LogP contribution in [-0.2, 0) is 6.42 Å². The van der Waals surface area contributed by atoms with E-state index in [-0.39, 0.29) is 5.78 Å². The molecule has 0 saturated heterocycles. The van der Waals surface area contributed by atoms with Crippen molar-refractivity contribution in [1.82, 2.24) is 4.98 Å². The number of aryl methyl sites for hydroxylation is 1. The number of hydrogen-bond acceptors (Lipinski definition) is 3. The maximum absolute atomic E-state index is 11.7. The van der Waals surface area contributed by atoms with Gasteiger partial charge in [-0.2, -0.15) is 0 Å². The smallest absolute Gasteiger partial charge is 0.181 e. The van der Waals surface area contributed by atoms with Crippen LogP contribution in [0.5, 0.6) is 0 Å². The van der Waals surface area contributed by atoms with Crippen molar-refractivity contribution in [1.29, 1.82) is 0 Å². The van der Waals surface area contributed by atoms with Gasteiger partial charge in [-0.3, -0.25) is 4.79 Å². The summed E-state index contributed by atoms with van der Waals surface area (Å²) in [5.74, 6) is 0.122. The lowest BCUT2D eigenvalue weighted by Gasteiger charge is -2.23. The van der Waals surface area contributed by atoms with Gasteiger partial charge in [0.2, 0.25) is 0 Å². The molecule has 1 aromatic rings. The van der Waals surface area contributed by atoms with Gasteiger partial charge in [0.1, 0.15) is 5.69 Å². The van der Waals surface area contributed by atoms with Gasteiger partial charge >= 0.3 is 0 Å². The van der Waals surface area contributed by atoms with E-state index in [1.54, 1.807) is 0 Å². The van der Waals surface area contributed by atoms with Gasteiger partial charge in [0, 0.05) is 26.1 Å². The molecular formula is C12H15ClN2O. The molecule has 1 aromatic heterocycles. The molecule has 16 heavy (non-hydrogen) atoms. The van der Waals surface area contributed by atoms with Crippen LogP contribution >= 0.6 is 11.6 Å². The maximum Gasteiger partial charge on any atom is 0.181 e. The van der Waals surface area contributed by atoms with Gasteiger partial charge in [-0.15, -0.1) is 0 Å². The molecular weight excluding hydrogens is 224 g/mol. The first-order valence-corrected chi connectivity index (χ1v) is 5.79. The normalized spacial score (nSPS) is 14.9. The first-order valence-electron chi connectivity index (χ1n) is 5.42. The summed E-state index contributed by atoms with van der Waals surface area (Å²) in [4.78, 5) is 18.1. The van der Waals surface area contributed by atoms with Crippen LogP contribution in [0.2, 0.25) is 5.02 Å². The molecule has 0 aliphatic heterocycles. The molecule has 0 atom stereocenters. The molecule has 0 unspecified atom stereocenters. The highest BCUT2D eigenvalue weighted by atomic mass is 35.5. The summed E-state index contributed by atoms with van der Waals surface area (Å²) in [7, 11) is 3.87. The van der Waals surface area contributed by atoms with E-state index >= 15 is 0 Å². The van der Waals surface area contributed by atoms with Crippen LogP contribution in [0.1, 0.15) is 34.6 Å². The monoisotopic (exact) mass is 238 g/mol. The number of nitrogens with zero attached hydrogens (tertiary/aromatic N) is 2. The lowest BCUT2D eigenvalue weighted by atomic mass is 9.94. The number of hydrogen-bond donors (Lipinski definition) is 0. The van der Waals surface area contributed by atoms with Crippen molar-refractivity contribution in [2.24, 2.45) is 0 Å². The molecule has 4 heteroatoms. The topological polar surface area (TPSA) is 33.2 Å². The molecule has 0 bridgehead atoms. The molecule has 1 heterocycles. The predicted octanol–water partition coefficient (Wildman–Crippen LogP) is 2.63. The van der Waals surface area contributed by atoms with Gasteiger partial charge < -0.3 is 4.90 Å². The van der Waals surface area contributed by atoms with Crippen molar-refractivity contribution in [3.63, 3.8) is 0 Å². The van der Waals surface area contributed by atoms with Gasteiger partial charge in [0.15, 0.2) is 5.78 Å². The number of carbonyl (C=O) groups is 1. The highest BCUT2D eigenvalue weighted by molar-refractivity contribution is 6.34. The summed E-state index contributed by atoms with van der Waals surface area (Å²) in [5, 5.41) is 0.695. The summed E-state index contributed by atoms with van der Waals surface area (Å²) in [5.41, 5.74) is 3.26. The maximum atomic E-state index is 11.7. The van der Waals surface area contributed by atoms with Gasteiger partial charge in [0.05, 0.1) is 16.4 Å². The van der Waals surface area contributed by atoms with Crippen LogP contribution < -0.4 is 4.90 Å². The van der Waals surface area contributed by atoms with Crippen LogP contribution in [0, 0.1) is 6.92 Å². The molecule has 0 radical (unpaired) electrons. The molecule has 0 amide bonds. The van der Waals surface area contributed by atoms with Crippen LogP contribution in [0.15, 0.2) is 0 Å². The Kier molecular flexibility index (Phi) is 2.89. The second-order valence-corrected chi connectivity index (χ2v) is 4.74. The Morgan fingerprint density at radius 1 is 1.31 bits per heavy atom. The molecule has 86 valence electrons. The van der Waals surface area contributed by atoms with Crippen molar-refractivity contribution in [3.8, 4) is 0 Å². The summed E-state index contributed by atoms with van der Waals surface area (Å²) in [6.07, 6.45) is 2.33. The van der Waals surface area contributed by atoms with Crippen molar-refractivity contribution in [2.75, 3.05) is 19.0 Å². The third-order valence-corrected chi connectivity index (χ3v) is 3.33. The zero-order valence-electron chi connectivity index (χ0n) is 9.80. The van der Waals surface area contributed by atoms with Crippen LogP contribution in [0.4, 0.5) is 5.69 Å². The van der Waals surface area contributed by atoms with Crippen molar-refractivity contribution in [3.05, 3.63) is 22.0 Å². The number of rotatable bonds is 1. The van der Waals surface area contributed by atoms with Crippen molar-refractivity contribution in [2.45, 2.75) is 26.2 Å². The number of fused-ring (bicyclic) bond motifs is 1. The predicted molar refractivity (Wildman–Crippen MR) is 65.6 cm³/mol. The summed E-state index contributed by atoms with van der Waals surface area (Å²) in [6, 6.07) is 0. The lowest BCUT2D eigenvalue weighted by Crippen LogP contribution is -2.19. The van der Waals surface area contributed by atoms with E-state index in [9.17, 15) is 4.79 Å². The molecule has 0 spiro atoms. The van der Waals surface area contributed by atoms with E-state index in [0.29, 0.717) is 17.1 Å². The van der Waals surface area contributed by atoms with Gasteiger partial charge in [0.25, 0.3) is 0 Å².